The van der Waals surface area contributed by atoms with Gasteiger partial charge in [-0.25, -0.2) is 4.68 Å². The maximum absolute atomic E-state index is 12.3. The number of nitrogens with one attached hydrogen (secondary N) is 1. The topological polar surface area (TPSA) is 129 Å². The number of non-ortho nitro benzene ring substituents is 1. The molecule has 3 rings (SSSR count). The first kappa shape index (κ1) is 18.7. The van der Waals surface area contributed by atoms with E-state index in [9.17, 15) is 20.0 Å². The maximum Gasteiger partial charge on any atom is 0.276 e. The van der Waals surface area contributed by atoms with Crippen molar-refractivity contribution in [1.29, 1.82) is 0 Å². The van der Waals surface area contributed by atoms with Gasteiger partial charge in [0.25, 0.3) is 11.6 Å². The zero-order valence-electron chi connectivity index (χ0n) is 14.7. The molecule has 0 bridgehead atoms. The van der Waals surface area contributed by atoms with Crippen molar-refractivity contribution in [2.24, 2.45) is 0 Å². The summed E-state index contributed by atoms with van der Waals surface area (Å²) < 4.78 is 12.0. The molecule has 0 aliphatic rings. The highest BCUT2D eigenvalue weighted by molar-refractivity contribution is 6.03. The lowest BCUT2D eigenvalue weighted by Gasteiger charge is -2.07. The number of nitro groups is 1. The second-order valence-corrected chi connectivity index (χ2v) is 5.60. The van der Waals surface area contributed by atoms with Crippen LogP contribution in [0.5, 0.6) is 17.2 Å². The standard InChI is InChI=1S/C18H16N4O6/c1-27-13-3-5-14(6-4-13)28-11-21-9-8-15(20-21)18(24)19-16-10-12(22(25)26)2-7-17(16)23/h2-10,23H,11H2,1H3,(H,19,24). The Morgan fingerprint density at radius 3 is 2.61 bits per heavy atom. The molecule has 144 valence electrons. The lowest BCUT2D eigenvalue weighted by molar-refractivity contribution is -0.384. The van der Waals surface area contributed by atoms with Gasteiger partial charge in [-0.3, -0.25) is 14.9 Å². The second-order valence-electron chi connectivity index (χ2n) is 5.60. The molecule has 0 saturated carbocycles. The molecule has 0 aliphatic carbocycles. The number of aromatic nitrogens is 2. The Balaban J connectivity index is 1.63. The van der Waals surface area contributed by atoms with E-state index in [2.05, 4.69) is 10.4 Å². The highest BCUT2D eigenvalue weighted by Gasteiger charge is 2.15. The van der Waals surface area contributed by atoms with Crippen LogP contribution in [0.1, 0.15) is 10.5 Å². The molecule has 0 radical (unpaired) electrons. The molecule has 0 fully saturated rings. The van der Waals surface area contributed by atoms with Gasteiger partial charge >= 0.3 is 0 Å². The van der Waals surface area contributed by atoms with Gasteiger partial charge in [0, 0.05) is 18.3 Å². The molecule has 0 unspecified atom stereocenters. The minimum atomic E-state index is -0.626. The van der Waals surface area contributed by atoms with Gasteiger partial charge < -0.3 is 19.9 Å². The molecule has 2 aromatic carbocycles. The van der Waals surface area contributed by atoms with E-state index in [0.717, 1.165) is 18.2 Å². The Hall–Kier alpha value is -4.08. The first-order valence-electron chi connectivity index (χ1n) is 8.05. The fourth-order valence-corrected chi connectivity index (χ4v) is 2.29. The van der Waals surface area contributed by atoms with Gasteiger partial charge in [-0.1, -0.05) is 0 Å². The molecule has 3 aromatic rings. The molecular formula is C18H16N4O6. The van der Waals surface area contributed by atoms with E-state index in [1.807, 2.05) is 0 Å². The number of nitro benzene ring substituents is 1. The lowest BCUT2D eigenvalue weighted by Crippen LogP contribution is -2.14. The van der Waals surface area contributed by atoms with E-state index < -0.39 is 10.8 Å². The van der Waals surface area contributed by atoms with Crippen molar-refractivity contribution in [2.75, 3.05) is 12.4 Å². The van der Waals surface area contributed by atoms with Crippen LogP contribution in [0.4, 0.5) is 11.4 Å². The fourth-order valence-electron chi connectivity index (χ4n) is 2.29. The Labute approximate surface area is 159 Å². The quantitative estimate of drug-likeness (QED) is 0.364. The largest absolute Gasteiger partial charge is 0.506 e. The number of anilines is 1. The van der Waals surface area contributed by atoms with Gasteiger partial charge in [0.1, 0.15) is 17.2 Å². The summed E-state index contributed by atoms with van der Waals surface area (Å²) in [5.41, 5.74) is -0.279. The van der Waals surface area contributed by atoms with Crippen molar-refractivity contribution in [3.63, 3.8) is 0 Å². The second kappa shape index (κ2) is 8.08. The number of phenols is 1. The average Bonchev–Trinajstić information content (AvgIpc) is 3.17. The number of nitrogens with zero attached hydrogens (tertiary/aromatic N) is 3. The molecule has 1 amide bonds. The van der Waals surface area contributed by atoms with E-state index in [4.69, 9.17) is 9.47 Å². The first-order valence-corrected chi connectivity index (χ1v) is 8.05. The number of benzene rings is 2. The normalized spacial score (nSPS) is 10.3. The molecule has 0 spiro atoms. The third-order valence-electron chi connectivity index (χ3n) is 3.74. The monoisotopic (exact) mass is 384 g/mol. The summed E-state index contributed by atoms with van der Waals surface area (Å²) in [5.74, 6) is 0.388. The zero-order valence-corrected chi connectivity index (χ0v) is 14.7. The van der Waals surface area contributed by atoms with Gasteiger partial charge in [-0.15, -0.1) is 0 Å². The van der Waals surface area contributed by atoms with E-state index in [0.29, 0.717) is 11.5 Å². The molecule has 0 aliphatic heterocycles. The Bertz CT molecular complexity index is 1000. The number of hydrogen-bond donors (Lipinski definition) is 2. The molecule has 0 atom stereocenters. The number of methoxy groups -OCH3 is 1. The van der Waals surface area contributed by atoms with Crippen LogP contribution in [0.15, 0.2) is 54.7 Å². The summed E-state index contributed by atoms with van der Waals surface area (Å²) in [5, 5.41) is 27.1. The molecule has 1 aromatic heterocycles. The van der Waals surface area contributed by atoms with Crippen molar-refractivity contribution in [2.45, 2.75) is 6.73 Å². The van der Waals surface area contributed by atoms with Gasteiger partial charge in [-0.2, -0.15) is 5.10 Å². The third kappa shape index (κ3) is 4.36. The van der Waals surface area contributed by atoms with Crippen molar-refractivity contribution in [3.05, 3.63) is 70.5 Å². The van der Waals surface area contributed by atoms with Crippen molar-refractivity contribution in [3.8, 4) is 17.2 Å². The number of amides is 1. The van der Waals surface area contributed by atoms with Gasteiger partial charge in [-0.05, 0) is 36.4 Å². The lowest BCUT2D eigenvalue weighted by atomic mass is 10.2. The van der Waals surface area contributed by atoms with Crippen LogP contribution in [0.3, 0.4) is 0 Å². The third-order valence-corrected chi connectivity index (χ3v) is 3.74. The van der Waals surface area contributed by atoms with E-state index in [-0.39, 0.29) is 29.5 Å². The van der Waals surface area contributed by atoms with Crippen LogP contribution in [0.2, 0.25) is 0 Å². The Morgan fingerprint density at radius 2 is 1.93 bits per heavy atom. The molecule has 1 heterocycles. The summed E-state index contributed by atoms with van der Waals surface area (Å²) in [7, 11) is 1.57. The Morgan fingerprint density at radius 1 is 1.21 bits per heavy atom. The summed E-state index contributed by atoms with van der Waals surface area (Å²) >= 11 is 0. The number of carbonyl (C=O) groups is 1. The molecular weight excluding hydrogens is 368 g/mol. The van der Waals surface area contributed by atoms with Crippen LogP contribution in [-0.2, 0) is 6.73 Å². The van der Waals surface area contributed by atoms with Gasteiger partial charge in [0.2, 0.25) is 0 Å². The fraction of sp³-hybridized carbons (Fsp3) is 0.111. The van der Waals surface area contributed by atoms with Crippen LogP contribution >= 0.6 is 0 Å². The predicted octanol–water partition coefficient (Wildman–Crippen LogP) is 2.79. The molecule has 0 saturated heterocycles. The summed E-state index contributed by atoms with van der Waals surface area (Å²) in [6, 6.07) is 11.8. The van der Waals surface area contributed by atoms with Crippen LogP contribution in [0.25, 0.3) is 0 Å². The predicted molar refractivity (Wildman–Crippen MR) is 98.6 cm³/mol. The van der Waals surface area contributed by atoms with Crippen molar-refractivity contribution in [1.82, 2.24) is 9.78 Å². The number of phenolic OH excluding ortho intramolecular Hbond substituents is 1. The van der Waals surface area contributed by atoms with Crippen LogP contribution in [-0.4, -0.2) is 32.8 Å². The molecule has 10 heteroatoms. The maximum atomic E-state index is 12.3. The van der Waals surface area contributed by atoms with E-state index in [1.54, 1.807) is 37.6 Å². The smallest absolute Gasteiger partial charge is 0.276 e. The molecule has 2 N–H and O–H groups in total. The molecule has 28 heavy (non-hydrogen) atoms. The molecule has 10 nitrogen and oxygen atoms in total. The van der Waals surface area contributed by atoms with Gasteiger partial charge in [0.15, 0.2) is 12.4 Å². The number of hydrogen-bond acceptors (Lipinski definition) is 7. The SMILES string of the molecule is COc1ccc(OCn2ccc(C(=O)Nc3cc([N+](=O)[O-])ccc3O)n2)cc1. The summed E-state index contributed by atoms with van der Waals surface area (Å²) in [6.07, 6.45) is 1.55. The van der Waals surface area contributed by atoms with E-state index in [1.165, 1.54) is 10.7 Å². The number of ether oxygens (including phenoxy) is 2. The van der Waals surface area contributed by atoms with Crippen LogP contribution in [0, 0.1) is 10.1 Å². The number of carbonyl (C=O) groups excluding carboxylic acids is 1. The van der Waals surface area contributed by atoms with Crippen molar-refractivity contribution < 1.29 is 24.3 Å². The van der Waals surface area contributed by atoms with Gasteiger partial charge in [0.05, 0.1) is 17.7 Å². The Kier molecular flexibility index (Phi) is 5.40. The van der Waals surface area contributed by atoms with Crippen LogP contribution < -0.4 is 14.8 Å². The zero-order chi connectivity index (χ0) is 20.1. The average molecular weight is 384 g/mol. The first-order chi connectivity index (χ1) is 13.5. The van der Waals surface area contributed by atoms with E-state index >= 15 is 0 Å². The minimum Gasteiger partial charge on any atom is -0.506 e. The summed E-state index contributed by atoms with van der Waals surface area (Å²) in [4.78, 5) is 22.5. The van der Waals surface area contributed by atoms with Crippen molar-refractivity contribution >= 4 is 17.3 Å². The number of aromatic hydroxyl groups is 1. The highest BCUT2D eigenvalue weighted by atomic mass is 16.6. The minimum absolute atomic E-state index is 0.0595. The number of rotatable bonds is 7. The summed E-state index contributed by atoms with van der Waals surface area (Å²) in [6.45, 7) is 0.0711. The highest BCUT2D eigenvalue weighted by Crippen LogP contribution is 2.28.